The van der Waals surface area contributed by atoms with E-state index in [4.69, 9.17) is 5.73 Å². The van der Waals surface area contributed by atoms with Crippen molar-refractivity contribution >= 4 is 22.1 Å². The molecule has 28 heavy (non-hydrogen) atoms. The van der Waals surface area contributed by atoms with E-state index in [9.17, 15) is 4.39 Å². The van der Waals surface area contributed by atoms with Gasteiger partial charge >= 0.3 is 0 Å². The van der Waals surface area contributed by atoms with E-state index in [1.165, 1.54) is 23.5 Å². The number of fused-ring (bicyclic) bond motifs is 1. The van der Waals surface area contributed by atoms with Gasteiger partial charge in [0.1, 0.15) is 16.5 Å². The van der Waals surface area contributed by atoms with Crippen molar-refractivity contribution in [2.45, 2.75) is 0 Å². The van der Waals surface area contributed by atoms with Crippen LogP contribution in [0.3, 0.4) is 0 Å². The van der Waals surface area contributed by atoms with E-state index >= 15 is 0 Å². The smallest absolute Gasteiger partial charge is 0.203 e. The molecule has 3 heterocycles. The van der Waals surface area contributed by atoms with Gasteiger partial charge in [-0.2, -0.15) is 0 Å². The van der Waals surface area contributed by atoms with Gasteiger partial charge in [-0.05, 0) is 41.5 Å². The first kappa shape index (κ1) is 16.6. The molecular weight excluding hydrogens is 373 g/mol. The average Bonchev–Trinajstić information content (AvgIpc) is 3.34. The number of pyridine rings is 1. The number of rotatable bonds is 3. The monoisotopic (exact) mass is 387 g/mol. The Morgan fingerprint density at radius 3 is 2.46 bits per heavy atom. The number of nitrogen functional groups attached to an aromatic ring is 1. The Kier molecular flexibility index (Phi) is 3.87. The third-order valence-corrected chi connectivity index (χ3v) is 5.34. The summed E-state index contributed by atoms with van der Waals surface area (Å²) in [5.74, 6) is -0.245. The fraction of sp³-hybridized carbons (Fsp3) is 0. The van der Waals surface area contributed by atoms with Crippen molar-refractivity contribution in [2.75, 3.05) is 5.73 Å². The maximum absolute atomic E-state index is 13.2. The quantitative estimate of drug-likeness (QED) is 0.478. The van der Waals surface area contributed by atoms with E-state index in [2.05, 4.69) is 21.2 Å². The van der Waals surface area contributed by atoms with E-state index in [1.54, 1.807) is 12.1 Å². The number of nitrogens with zero attached hydrogens (tertiary/aromatic N) is 4. The summed E-state index contributed by atoms with van der Waals surface area (Å²) < 4.78 is 15.2. The zero-order valence-electron chi connectivity index (χ0n) is 14.6. The van der Waals surface area contributed by atoms with Crippen LogP contribution in [0.4, 0.5) is 9.52 Å². The maximum Gasteiger partial charge on any atom is 0.203 e. The molecule has 0 bridgehead atoms. The lowest BCUT2D eigenvalue weighted by Crippen LogP contribution is -1.90. The van der Waals surface area contributed by atoms with Crippen LogP contribution in [0, 0.1) is 5.82 Å². The number of benzene rings is 2. The van der Waals surface area contributed by atoms with Crippen LogP contribution >= 0.6 is 11.3 Å². The van der Waals surface area contributed by atoms with Crippen LogP contribution in [0.25, 0.3) is 38.6 Å². The number of anilines is 1. The second kappa shape index (κ2) is 6.54. The Hall–Kier alpha value is -3.58. The minimum absolute atomic E-state index is 0.245. The van der Waals surface area contributed by atoms with Crippen molar-refractivity contribution in [1.82, 2.24) is 19.6 Å². The van der Waals surface area contributed by atoms with Gasteiger partial charge in [0.15, 0.2) is 0 Å². The van der Waals surface area contributed by atoms with E-state index in [0.29, 0.717) is 5.13 Å². The molecule has 0 atom stereocenters. The Morgan fingerprint density at radius 2 is 1.68 bits per heavy atom. The zero-order valence-corrected chi connectivity index (χ0v) is 15.4. The predicted octanol–water partition coefficient (Wildman–Crippen LogP) is 4.91. The van der Waals surface area contributed by atoms with Crippen molar-refractivity contribution in [3.63, 3.8) is 0 Å². The molecule has 0 aliphatic carbocycles. The Morgan fingerprint density at radius 1 is 0.857 bits per heavy atom. The van der Waals surface area contributed by atoms with Gasteiger partial charge in [-0.15, -0.1) is 10.2 Å². The molecule has 0 unspecified atom stereocenters. The van der Waals surface area contributed by atoms with Crippen LogP contribution in [0.5, 0.6) is 0 Å². The van der Waals surface area contributed by atoms with Gasteiger partial charge in [-0.3, -0.25) is 4.40 Å². The largest absolute Gasteiger partial charge is 0.374 e. The molecule has 0 aliphatic heterocycles. The summed E-state index contributed by atoms with van der Waals surface area (Å²) in [6.07, 6.45) is 3.82. The fourth-order valence-corrected chi connectivity index (χ4v) is 3.79. The number of imidazole rings is 1. The highest BCUT2D eigenvalue weighted by Crippen LogP contribution is 2.30. The van der Waals surface area contributed by atoms with Crippen molar-refractivity contribution in [3.8, 4) is 33.0 Å². The van der Waals surface area contributed by atoms with E-state index in [-0.39, 0.29) is 5.82 Å². The number of hydrogen-bond donors (Lipinski definition) is 1. The average molecular weight is 387 g/mol. The molecule has 0 saturated carbocycles. The predicted molar refractivity (Wildman–Crippen MR) is 109 cm³/mol. The lowest BCUT2D eigenvalue weighted by molar-refractivity contribution is 0.628. The normalized spacial score (nSPS) is 11.2. The van der Waals surface area contributed by atoms with Gasteiger partial charge in [0.25, 0.3) is 0 Å². The van der Waals surface area contributed by atoms with E-state index < -0.39 is 0 Å². The van der Waals surface area contributed by atoms with Crippen LogP contribution in [0.1, 0.15) is 0 Å². The Balaban J connectivity index is 1.56. The highest BCUT2D eigenvalue weighted by Gasteiger charge is 2.10. The van der Waals surface area contributed by atoms with Crippen LogP contribution in [-0.2, 0) is 0 Å². The molecule has 5 rings (SSSR count). The van der Waals surface area contributed by atoms with Crippen molar-refractivity contribution in [2.24, 2.45) is 0 Å². The highest BCUT2D eigenvalue weighted by atomic mass is 32.1. The summed E-state index contributed by atoms with van der Waals surface area (Å²) in [5.41, 5.74) is 11.4. The second-order valence-corrected chi connectivity index (χ2v) is 7.33. The first-order valence-corrected chi connectivity index (χ1v) is 9.42. The molecule has 7 heteroatoms. The topological polar surface area (TPSA) is 69.1 Å². The van der Waals surface area contributed by atoms with Gasteiger partial charge in [-0.25, -0.2) is 9.37 Å². The van der Waals surface area contributed by atoms with Gasteiger partial charge in [-0.1, -0.05) is 41.7 Å². The van der Waals surface area contributed by atoms with Crippen LogP contribution < -0.4 is 5.73 Å². The van der Waals surface area contributed by atoms with Crippen LogP contribution in [-0.4, -0.2) is 19.6 Å². The fourth-order valence-electron chi connectivity index (χ4n) is 3.18. The molecule has 136 valence electrons. The molecule has 5 nitrogen and oxygen atoms in total. The highest BCUT2D eigenvalue weighted by molar-refractivity contribution is 7.18. The zero-order chi connectivity index (χ0) is 19.1. The van der Waals surface area contributed by atoms with Crippen LogP contribution in [0.15, 0.2) is 73.1 Å². The molecular formula is C21H14FN5S. The summed E-state index contributed by atoms with van der Waals surface area (Å²) in [4.78, 5) is 4.55. The van der Waals surface area contributed by atoms with Crippen molar-refractivity contribution in [1.29, 1.82) is 0 Å². The third-order valence-electron chi connectivity index (χ3n) is 4.54. The SMILES string of the molecule is Nc1nnc(-c2cccc(-c3cnc4cc(-c5ccc(F)cc5)ccn34)c2)s1. The molecule has 5 aromatic rings. The maximum atomic E-state index is 13.2. The lowest BCUT2D eigenvalue weighted by Gasteiger charge is -2.06. The molecule has 2 aromatic carbocycles. The van der Waals surface area contributed by atoms with E-state index in [1.807, 2.05) is 47.1 Å². The number of nitrogens with two attached hydrogens (primary N) is 1. The minimum atomic E-state index is -0.245. The van der Waals surface area contributed by atoms with Gasteiger partial charge in [0.05, 0.1) is 11.9 Å². The molecule has 0 spiro atoms. The molecule has 0 saturated heterocycles. The first-order chi connectivity index (χ1) is 13.7. The summed E-state index contributed by atoms with van der Waals surface area (Å²) >= 11 is 1.36. The number of hydrogen-bond acceptors (Lipinski definition) is 5. The summed E-state index contributed by atoms with van der Waals surface area (Å²) in [6.45, 7) is 0. The summed E-state index contributed by atoms with van der Waals surface area (Å²) in [5, 5.41) is 9.23. The summed E-state index contributed by atoms with van der Waals surface area (Å²) in [6, 6.07) is 18.5. The standard InChI is InChI=1S/C21H14FN5S/c22-17-6-4-13(5-7-17)14-8-9-27-18(12-24-19(27)11-14)15-2-1-3-16(10-15)20-25-26-21(23)28-20/h1-12H,(H2,23,26). The van der Waals surface area contributed by atoms with Gasteiger partial charge < -0.3 is 5.73 Å². The Bertz CT molecular complexity index is 1290. The van der Waals surface area contributed by atoms with Gasteiger partial charge in [0, 0.05) is 17.3 Å². The molecule has 0 fully saturated rings. The van der Waals surface area contributed by atoms with Gasteiger partial charge in [0.2, 0.25) is 5.13 Å². The molecule has 0 radical (unpaired) electrons. The van der Waals surface area contributed by atoms with Crippen LogP contribution in [0.2, 0.25) is 0 Å². The van der Waals surface area contributed by atoms with Crippen molar-refractivity contribution < 1.29 is 4.39 Å². The summed E-state index contributed by atoms with van der Waals surface area (Å²) in [7, 11) is 0. The lowest BCUT2D eigenvalue weighted by atomic mass is 10.1. The number of halogens is 1. The third kappa shape index (κ3) is 2.91. The first-order valence-electron chi connectivity index (χ1n) is 8.60. The number of aromatic nitrogens is 4. The molecule has 0 aliphatic rings. The Labute approximate surface area is 163 Å². The molecule has 3 aromatic heterocycles. The van der Waals surface area contributed by atoms with Crippen molar-refractivity contribution in [3.05, 3.63) is 78.9 Å². The van der Waals surface area contributed by atoms with E-state index in [0.717, 1.165) is 38.6 Å². The molecule has 2 N–H and O–H groups in total. The minimum Gasteiger partial charge on any atom is -0.374 e. The molecule has 0 amide bonds. The second-order valence-electron chi connectivity index (χ2n) is 6.32.